The van der Waals surface area contributed by atoms with Crippen molar-refractivity contribution in [3.8, 4) is 0 Å². The van der Waals surface area contributed by atoms with Crippen LogP contribution in [0.1, 0.15) is 38.5 Å². The number of aliphatic hydroxyl groups is 2. The van der Waals surface area contributed by atoms with Gasteiger partial charge >= 0.3 is 0 Å². The summed E-state index contributed by atoms with van der Waals surface area (Å²) in [5, 5.41) is 21.3. The molecule has 6 rings (SSSR count). The lowest BCUT2D eigenvalue weighted by Gasteiger charge is -2.46. The number of anilines is 3. The van der Waals surface area contributed by atoms with Crippen LogP contribution in [0.25, 0.3) is 0 Å². The number of aliphatic hydroxyl groups excluding tert-OH is 2. The van der Waals surface area contributed by atoms with E-state index in [0.29, 0.717) is 36.9 Å². The van der Waals surface area contributed by atoms with Crippen molar-refractivity contribution in [3.63, 3.8) is 0 Å². The fraction of sp³-hybridized carbons (Fsp3) is 0.870. The molecule has 1 aromatic heterocycles. The molecule has 4 unspecified atom stereocenters. The zero-order valence-electron chi connectivity index (χ0n) is 18.8. The standard InChI is InChI=1S/C23H36N6O3/c30-19-15-3-1-4-16(19)12-28(11-15)22-24-21(27-7-9-32-10-8-27)25-23(26-22)29-13-17-5-2-6-18(14-29)20(17)31/h15-20,30-31H,1-14H2. The van der Waals surface area contributed by atoms with Gasteiger partial charge in [-0.15, -0.1) is 0 Å². The highest BCUT2D eigenvalue weighted by Gasteiger charge is 2.41. The molecule has 32 heavy (non-hydrogen) atoms. The Hall–Kier alpha value is -1.71. The number of ether oxygens (including phenoxy) is 1. The summed E-state index contributed by atoms with van der Waals surface area (Å²) in [4.78, 5) is 21.6. The van der Waals surface area contributed by atoms with Gasteiger partial charge in [0.25, 0.3) is 0 Å². The predicted octanol–water partition coefficient (Wildman–Crippen LogP) is 0.903. The van der Waals surface area contributed by atoms with Crippen molar-refractivity contribution in [1.82, 2.24) is 15.0 Å². The molecule has 3 saturated heterocycles. The number of piperidine rings is 2. The maximum atomic E-state index is 10.7. The SMILES string of the molecule is OC1C2CCCC1CN(c1nc(N3CCOCC3)nc(N3CC4CCCC(C3)C4O)n1)C2. The Labute approximate surface area is 189 Å². The van der Waals surface area contributed by atoms with E-state index in [2.05, 4.69) is 14.7 Å². The van der Waals surface area contributed by atoms with E-state index < -0.39 is 0 Å². The number of morpholine rings is 1. The smallest absolute Gasteiger partial charge is 0.232 e. The average Bonchev–Trinajstić information content (AvgIpc) is 2.79. The molecule has 3 aliphatic heterocycles. The molecule has 5 aliphatic rings. The second-order valence-electron chi connectivity index (χ2n) is 10.5. The Bertz CT molecular complexity index is 739. The van der Waals surface area contributed by atoms with Crippen molar-refractivity contribution in [2.75, 3.05) is 67.2 Å². The monoisotopic (exact) mass is 444 g/mol. The molecule has 2 N–H and O–H groups in total. The molecular formula is C23H36N6O3. The largest absolute Gasteiger partial charge is 0.392 e. The molecule has 9 nitrogen and oxygen atoms in total. The minimum Gasteiger partial charge on any atom is -0.392 e. The maximum absolute atomic E-state index is 10.7. The highest BCUT2D eigenvalue weighted by atomic mass is 16.5. The number of hydrogen-bond acceptors (Lipinski definition) is 9. The van der Waals surface area contributed by atoms with Crippen LogP contribution in [0.15, 0.2) is 0 Å². The van der Waals surface area contributed by atoms with Gasteiger partial charge in [0.2, 0.25) is 17.8 Å². The summed E-state index contributed by atoms with van der Waals surface area (Å²) in [6, 6.07) is 0. The van der Waals surface area contributed by atoms with E-state index in [9.17, 15) is 10.2 Å². The highest BCUT2D eigenvalue weighted by Crippen LogP contribution is 2.38. The fourth-order valence-electron chi connectivity index (χ4n) is 6.67. The average molecular weight is 445 g/mol. The summed E-state index contributed by atoms with van der Waals surface area (Å²) in [6.07, 6.45) is 6.35. The zero-order chi connectivity index (χ0) is 21.7. The molecule has 2 aliphatic carbocycles. The number of rotatable bonds is 3. The molecule has 1 aromatic rings. The first-order valence-corrected chi connectivity index (χ1v) is 12.6. The van der Waals surface area contributed by atoms with E-state index in [4.69, 9.17) is 19.7 Å². The Balaban J connectivity index is 1.32. The lowest BCUT2D eigenvalue weighted by atomic mass is 9.75. The summed E-state index contributed by atoms with van der Waals surface area (Å²) in [7, 11) is 0. The number of nitrogens with zero attached hydrogens (tertiary/aromatic N) is 6. The van der Waals surface area contributed by atoms with E-state index in [0.717, 1.165) is 82.8 Å². The fourth-order valence-corrected chi connectivity index (χ4v) is 6.67. The molecule has 9 heteroatoms. The van der Waals surface area contributed by atoms with Crippen LogP contribution >= 0.6 is 0 Å². The van der Waals surface area contributed by atoms with Crippen molar-refractivity contribution < 1.29 is 14.9 Å². The van der Waals surface area contributed by atoms with E-state index in [1.807, 2.05) is 0 Å². The molecule has 0 aromatic carbocycles. The summed E-state index contributed by atoms with van der Waals surface area (Å²) in [5.74, 6) is 3.45. The molecule has 4 atom stereocenters. The van der Waals surface area contributed by atoms with Crippen molar-refractivity contribution in [2.24, 2.45) is 23.7 Å². The van der Waals surface area contributed by atoms with Crippen LogP contribution in [0.3, 0.4) is 0 Å². The molecule has 5 fully saturated rings. The Morgan fingerprint density at radius 3 is 1.38 bits per heavy atom. The van der Waals surface area contributed by atoms with Gasteiger partial charge in [0.15, 0.2) is 0 Å². The van der Waals surface area contributed by atoms with Gasteiger partial charge in [-0.3, -0.25) is 0 Å². The second-order valence-corrected chi connectivity index (χ2v) is 10.5. The lowest BCUT2D eigenvalue weighted by molar-refractivity contribution is 0.00510. The summed E-state index contributed by atoms with van der Waals surface area (Å²) < 4.78 is 5.55. The van der Waals surface area contributed by atoms with Crippen LogP contribution in [0.5, 0.6) is 0 Å². The Kier molecular flexibility index (Phi) is 5.59. The van der Waals surface area contributed by atoms with E-state index >= 15 is 0 Å². The van der Waals surface area contributed by atoms with Crippen molar-refractivity contribution in [2.45, 2.75) is 50.7 Å². The third-order valence-corrected chi connectivity index (χ3v) is 8.51. The number of fused-ring (bicyclic) bond motifs is 4. The van der Waals surface area contributed by atoms with Gasteiger partial charge in [0, 0.05) is 62.9 Å². The third kappa shape index (κ3) is 3.82. The normalized spacial score (nSPS) is 37.5. The lowest BCUT2D eigenvalue weighted by Crippen LogP contribution is -2.53. The van der Waals surface area contributed by atoms with Crippen LogP contribution in [-0.4, -0.2) is 89.9 Å². The third-order valence-electron chi connectivity index (χ3n) is 8.51. The first-order valence-electron chi connectivity index (χ1n) is 12.6. The van der Waals surface area contributed by atoms with Crippen LogP contribution < -0.4 is 14.7 Å². The van der Waals surface area contributed by atoms with Gasteiger partial charge in [-0.05, 0) is 25.7 Å². The van der Waals surface area contributed by atoms with Crippen LogP contribution in [0.4, 0.5) is 17.8 Å². The van der Waals surface area contributed by atoms with Crippen LogP contribution in [0.2, 0.25) is 0 Å². The highest BCUT2D eigenvalue weighted by molar-refractivity contribution is 5.48. The van der Waals surface area contributed by atoms with Gasteiger partial charge in [-0.1, -0.05) is 12.8 Å². The van der Waals surface area contributed by atoms with Crippen molar-refractivity contribution >= 4 is 17.8 Å². The number of hydrogen-bond donors (Lipinski definition) is 2. The summed E-state index contributed by atoms with van der Waals surface area (Å²) >= 11 is 0. The molecular weight excluding hydrogens is 408 g/mol. The van der Waals surface area contributed by atoms with Crippen molar-refractivity contribution in [1.29, 1.82) is 0 Å². The summed E-state index contributed by atoms with van der Waals surface area (Å²) in [6.45, 7) is 6.21. The molecule has 4 heterocycles. The topological polar surface area (TPSA) is 98.1 Å². The van der Waals surface area contributed by atoms with Crippen molar-refractivity contribution in [3.05, 3.63) is 0 Å². The van der Waals surface area contributed by atoms with Gasteiger partial charge in [0.1, 0.15) is 0 Å². The first kappa shape index (κ1) is 20.9. The van der Waals surface area contributed by atoms with Gasteiger partial charge < -0.3 is 29.6 Å². The van der Waals surface area contributed by atoms with E-state index in [1.54, 1.807) is 0 Å². The predicted molar refractivity (Wildman–Crippen MR) is 121 cm³/mol. The molecule has 2 saturated carbocycles. The molecule has 0 spiro atoms. The Morgan fingerprint density at radius 2 is 0.969 bits per heavy atom. The van der Waals surface area contributed by atoms with Gasteiger partial charge in [0.05, 0.1) is 25.4 Å². The zero-order valence-corrected chi connectivity index (χ0v) is 18.8. The van der Waals surface area contributed by atoms with Crippen LogP contribution in [0, 0.1) is 23.7 Å². The second kappa shape index (κ2) is 8.57. The minimum absolute atomic E-state index is 0.192. The maximum Gasteiger partial charge on any atom is 0.232 e. The quantitative estimate of drug-likeness (QED) is 0.705. The van der Waals surface area contributed by atoms with E-state index in [-0.39, 0.29) is 12.2 Å². The molecule has 4 bridgehead atoms. The van der Waals surface area contributed by atoms with Crippen LogP contribution in [-0.2, 0) is 4.74 Å². The molecule has 0 amide bonds. The molecule has 176 valence electrons. The van der Waals surface area contributed by atoms with Gasteiger partial charge in [-0.2, -0.15) is 15.0 Å². The molecule has 0 radical (unpaired) electrons. The first-order chi connectivity index (χ1) is 15.7. The summed E-state index contributed by atoms with van der Waals surface area (Å²) in [5.41, 5.74) is 0. The van der Waals surface area contributed by atoms with E-state index in [1.165, 1.54) is 12.8 Å². The number of aromatic nitrogens is 3. The van der Waals surface area contributed by atoms with Gasteiger partial charge in [-0.25, -0.2) is 0 Å². The minimum atomic E-state index is -0.192. The Morgan fingerprint density at radius 1 is 0.594 bits per heavy atom.